The summed E-state index contributed by atoms with van der Waals surface area (Å²) >= 11 is 0. The van der Waals surface area contributed by atoms with E-state index in [1.807, 2.05) is 6.07 Å². The van der Waals surface area contributed by atoms with Crippen molar-refractivity contribution in [1.82, 2.24) is 9.88 Å². The minimum atomic E-state index is 0.564. The van der Waals surface area contributed by atoms with Crippen molar-refractivity contribution >= 4 is 16.7 Å². The van der Waals surface area contributed by atoms with Crippen LogP contribution in [0.15, 0.2) is 12.1 Å². The van der Waals surface area contributed by atoms with Gasteiger partial charge in [0.1, 0.15) is 5.82 Å². The van der Waals surface area contributed by atoms with Crippen LogP contribution in [0.3, 0.4) is 0 Å². The predicted molar refractivity (Wildman–Crippen MR) is 109 cm³/mol. The summed E-state index contributed by atoms with van der Waals surface area (Å²) in [6.07, 6.45) is 6.14. The summed E-state index contributed by atoms with van der Waals surface area (Å²) in [5.74, 6) is 2.53. The highest BCUT2D eigenvalue weighted by molar-refractivity contribution is 5.89. The van der Waals surface area contributed by atoms with Crippen LogP contribution in [0.25, 0.3) is 10.9 Å². The fourth-order valence-corrected chi connectivity index (χ4v) is 4.24. The van der Waals surface area contributed by atoms with E-state index in [9.17, 15) is 0 Å². The van der Waals surface area contributed by atoms with E-state index in [0.717, 1.165) is 41.2 Å². The van der Waals surface area contributed by atoms with Gasteiger partial charge in [-0.2, -0.15) is 0 Å². The maximum Gasteiger partial charge on any atom is 0.163 e. The summed E-state index contributed by atoms with van der Waals surface area (Å²) in [4.78, 5) is 7.43. The molecule has 2 fully saturated rings. The molecule has 1 saturated heterocycles. The predicted octanol–water partition coefficient (Wildman–Crippen LogP) is 3.71. The monoisotopic (exact) mass is 383 g/mol. The number of hydrogen-bond donors (Lipinski definition) is 1. The topological polar surface area (TPSA) is 55.8 Å². The second-order valence-electron chi connectivity index (χ2n) is 8.10. The molecule has 0 spiro atoms. The summed E-state index contributed by atoms with van der Waals surface area (Å²) in [6, 6.07) is 4.65. The summed E-state index contributed by atoms with van der Waals surface area (Å²) in [6.45, 7) is 5.52. The van der Waals surface area contributed by atoms with E-state index in [1.54, 1.807) is 7.11 Å². The van der Waals surface area contributed by atoms with E-state index in [0.29, 0.717) is 25.9 Å². The molecule has 150 valence electrons. The first-order valence-electron chi connectivity index (χ1n) is 10.5. The van der Waals surface area contributed by atoms with E-state index in [1.165, 1.54) is 49.9 Å². The van der Waals surface area contributed by atoms with Gasteiger partial charge in [-0.15, -0.1) is 0 Å². The maximum absolute atomic E-state index is 6.11. The Bertz CT molecular complexity index is 860. The number of ether oxygens (including phenoxy) is 3. The van der Waals surface area contributed by atoms with Gasteiger partial charge in [-0.25, -0.2) is 4.98 Å². The molecular weight excluding hydrogens is 354 g/mol. The standard InChI is InChI=1S/C22H29N3O3/c1-26-20-11-16-17-13-27-14-18(17)22(23-15-5-6-15)24-19(16)12-21(20)28-10-4-9-25-7-2-3-8-25/h11-12,15H,2-10,13-14H2,1H3,(H,23,24). The number of benzene rings is 1. The minimum Gasteiger partial charge on any atom is -0.493 e. The van der Waals surface area contributed by atoms with Crippen molar-refractivity contribution in [2.45, 2.75) is 51.4 Å². The molecule has 0 amide bonds. The fourth-order valence-electron chi connectivity index (χ4n) is 4.24. The molecule has 6 heteroatoms. The molecular formula is C22H29N3O3. The van der Waals surface area contributed by atoms with E-state index in [4.69, 9.17) is 19.2 Å². The van der Waals surface area contributed by atoms with E-state index >= 15 is 0 Å². The van der Waals surface area contributed by atoms with E-state index in [-0.39, 0.29) is 0 Å². The largest absolute Gasteiger partial charge is 0.493 e. The van der Waals surface area contributed by atoms with Crippen molar-refractivity contribution in [3.8, 4) is 11.5 Å². The highest BCUT2D eigenvalue weighted by Crippen LogP contribution is 2.39. The van der Waals surface area contributed by atoms with Gasteiger partial charge in [0.2, 0.25) is 0 Å². The van der Waals surface area contributed by atoms with Gasteiger partial charge < -0.3 is 24.4 Å². The first kappa shape index (κ1) is 18.0. The second-order valence-corrected chi connectivity index (χ2v) is 8.10. The number of rotatable bonds is 8. The molecule has 0 atom stereocenters. The average molecular weight is 383 g/mol. The summed E-state index contributed by atoms with van der Waals surface area (Å²) in [5, 5.41) is 4.68. The van der Waals surface area contributed by atoms with Crippen LogP contribution in [0.2, 0.25) is 0 Å². The van der Waals surface area contributed by atoms with Crippen molar-refractivity contribution in [2.75, 3.05) is 38.7 Å². The molecule has 2 aliphatic heterocycles. The summed E-state index contributed by atoms with van der Waals surface area (Å²) in [7, 11) is 1.70. The van der Waals surface area contributed by atoms with Crippen LogP contribution in [-0.4, -0.2) is 49.3 Å². The minimum absolute atomic E-state index is 0.564. The number of pyridine rings is 1. The fraction of sp³-hybridized carbons (Fsp3) is 0.591. The molecule has 2 aromatic rings. The molecule has 5 rings (SSSR count). The van der Waals surface area contributed by atoms with E-state index < -0.39 is 0 Å². The molecule has 1 aliphatic carbocycles. The molecule has 0 unspecified atom stereocenters. The van der Waals surface area contributed by atoms with Crippen LogP contribution < -0.4 is 14.8 Å². The Balaban J connectivity index is 1.38. The number of fused-ring (bicyclic) bond motifs is 3. The van der Waals surface area contributed by atoms with Gasteiger partial charge in [-0.3, -0.25) is 0 Å². The Morgan fingerprint density at radius 1 is 1.14 bits per heavy atom. The van der Waals surface area contributed by atoms with E-state index in [2.05, 4.69) is 16.3 Å². The van der Waals surface area contributed by atoms with Gasteiger partial charge >= 0.3 is 0 Å². The number of anilines is 1. The van der Waals surface area contributed by atoms with Crippen molar-refractivity contribution < 1.29 is 14.2 Å². The van der Waals surface area contributed by atoms with Crippen molar-refractivity contribution in [3.63, 3.8) is 0 Å². The van der Waals surface area contributed by atoms with Crippen LogP contribution in [0.1, 0.15) is 43.2 Å². The van der Waals surface area contributed by atoms with Crippen LogP contribution >= 0.6 is 0 Å². The Morgan fingerprint density at radius 3 is 2.75 bits per heavy atom. The molecule has 1 N–H and O–H groups in total. The third-order valence-corrected chi connectivity index (χ3v) is 5.98. The lowest BCUT2D eigenvalue weighted by Crippen LogP contribution is -2.21. The van der Waals surface area contributed by atoms with Crippen LogP contribution in [0, 0.1) is 0 Å². The van der Waals surface area contributed by atoms with Crippen LogP contribution in [0.4, 0.5) is 5.82 Å². The maximum atomic E-state index is 6.11. The summed E-state index contributed by atoms with van der Waals surface area (Å²) < 4.78 is 17.5. The van der Waals surface area contributed by atoms with Gasteiger partial charge in [-0.05, 0) is 56.8 Å². The van der Waals surface area contributed by atoms with Crippen molar-refractivity contribution in [3.05, 3.63) is 23.3 Å². The van der Waals surface area contributed by atoms with Crippen molar-refractivity contribution in [1.29, 1.82) is 0 Å². The number of methoxy groups -OCH3 is 1. The smallest absolute Gasteiger partial charge is 0.163 e. The number of aromatic nitrogens is 1. The quantitative estimate of drug-likeness (QED) is 0.702. The van der Waals surface area contributed by atoms with Crippen molar-refractivity contribution in [2.24, 2.45) is 0 Å². The second kappa shape index (κ2) is 7.76. The number of likely N-dealkylation sites (tertiary alicyclic amines) is 1. The molecule has 3 aliphatic rings. The lowest BCUT2D eigenvalue weighted by molar-refractivity contribution is 0.135. The van der Waals surface area contributed by atoms with Gasteiger partial charge in [0, 0.05) is 29.6 Å². The number of hydrogen-bond acceptors (Lipinski definition) is 6. The van der Waals surface area contributed by atoms with Gasteiger partial charge in [-0.1, -0.05) is 0 Å². The normalized spacial score (nSPS) is 19.2. The molecule has 1 aromatic heterocycles. The Hall–Kier alpha value is -2.05. The average Bonchev–Trinajstić information content (AvgIpc) is 3.18. The van der Waals surface area contributed by atoms with Crippen LogP contribution in [0.5, 0.6) is 11.5 Å². The van der Waals surface area contributed by atoms with Gasteiger partial charge in [0.25, 0.3) is 0 Å². The highest BCUT2D eigenvalue weighted by Gasteiger charge is 2.27. The Kier molecular flexibility index (Phi) is 4.99. The molecule has 0 radical (unpaired) electrons. The third-order valence-electron chi connectivity index (χ3n) is 5.98. The highest BCUT2D eigenvalue weighted by atomic mass is 16.5. The Morgan fingerprint density at radius 2 is 1.96 bits per heavy atom. The Labute approximate surface area is 166 Å². The number of nitrogens with one attached hydrogen (secondary N) is 1. The zero-order valence-corrected chi connectivity index (χ0v) is 16.6. The molecule has 1 aromatic carbocycles. The SMILES string of the molecule is COc1cc2c3c(c(NC4CC4)nc2cc1OCCCN1CCCC1)COC3. The zero-order valence-electron chi connectivity index (χ0n) is 16.6. The third kappa shape index (κ3) is 3.63. The first-order valence-corrected chi connectivity index (χ1v) is 10.5. The zero-order chi connectivity index (χ0) is 18.9. The molecule has 28 heavy (non-hydrogen) atoms. The van der Waals surface area contributed by atoms with Gasteiger partial charge in [0.05, 0.1) is 32.4 Å². The molecule has 6 nitrogen and oxygen atoms in total. The molecule has 1 saturated carbocycles. The summed E-state index contributed by atoms with van der Waals surface area (Å²) in [5.41, 5.74) is 3.37. The molecule has 0 bridgehead atoms. The lowest BCUT2D eigenvalue weighted by atomic mass is 10.0. The lowest BCUT2D eigenvalue weighted by Gasteiger charge is -2.17. The number of nitrogens with zero attached hydrogens (tertiary/aromatic N) is 2. The molecule has 3 heterocycles. The first-order chi connectivity index (χ1) is 13.8. The van der Waals surface area contributed by atoms with Crippen LogP contribution in [-0.2, 0) is 18.0 Å². The van der Waals surface area contributed by atoms with Gasteiger partial charge in [0.15, 0.2) is 11.5 Å².